The van der Waals surface area contributed by atoms with Crippen molar-refractivity contribution >= 4 is 5.91 Å². The summed E-state index contributed by atoms with van der Waals surface area (Å²) in [4.78, 5) is 14.9. The van der Waals surface area contributed by atoms with Gasteiger partial charge in [0, 0.05) is 18.7 Å². The lowest BCUT2D eigenvalue weighted by atomic mass is 9.82. The van der Waals surface area contributed by atoms with Crippen LogP contribution in [0, 0.1) is 5.41 Å². The lowest BCUT2D eigenvalue weighted by Crippen LogP contribution is -2.44. The van der Waals surface area contributed by atoms with Crippen LogP contribution in [0.1, 0.15) is 32.8 Å². The summed E-state index contributed by atoms with van der Waals surface area (Å²) < 4.78 is 5.42. The summed E-state index contributed by atoms with van der Waals surface area (Å²) in [6.45, 7) is 8.21. The predicted molar refractivity (Wildman–Crippen MR) is 84.4 cm³/mol. The van der Waals surface area contributed by atoms with Crippen LogP contribution < -0.4 is 10.5 Å². The molecule has 1 atom stereocenters. The third kappa shape index (κ3) is 2.91. The maximum absolute atomic E-state index is 13.0. The quantitative estimate of drug-likeness (QED) is 0.924. The molecule has 0 bridgehead atoms. The largest absolute Gasteiger partial charge is 0.496 e. The number of hydrogen-bond donors (Lipinski definition) is 1. The zero-order valence-corrected chi connectivity index (χ0v) is 13.5. The van der Waals surface area contributed by atoms with Gasteiger partial charge in [-0.25, -0.2) is 0 Å². The fraction of sp³-hybridized carbons (Fsp3) is 0.588. The minimum absolute atomic E-state index is 0.0481. The Morgan fingerprint density at radius 1 is 1.43 bits per heavy atom. The Kier molecular flexibility index (Phi) is 4.28. The molecule has 0 aliphatic carbocycles. The first-order chi connectivity index (χ1) is 9.84. The molecule has 4 nitrogen and oxygen atoms in total. The Labute approximate surface area is 127 Å². The van der Waals surface area contributed by atoms with Crippen molar-refractivity contribution < 1.29 is 9.53 Å². The number of nitrogens with two attached hydrogens (primary N) is 1. The van der Waals surface area contributed by atoms with Crippen molar-refractivity contribution in [1.82, 2.24) is 4.90 Å². The van der Waals surface area contributed by atoms with E-state index in [4.69, 9.17) is 10.5 Å². The Balaban J connectivity index is 2.25. The van der Waals surface area contributed by atoms with Crippen molar-refractivity contribution in [3.63, 3.8) is 0 Å². The number of nitrogens with zero attached hydrogens (tertiary/aromatic N) is 1. The topological polar surface area (TPSA) is 55.6 Å². The van der Waals surface area contributed by atoms with Gasteiger partial charge in [-0.3, -0.25) is 4.79 Å². The second kappa shape index (κ2) is 5.68. The average molecular weight is 290 g/mol. The van der Waals surface area contributed by atoms with Gasteiger partial charge in [0.15, 0.2) is 0 Å². The Hall–Kier alpha value is -1.55. The minimum Gasteiger partial charge on any atom is -0.496 e. The van der Waals surface area contributed by atoms with Crippen LogP contribution in [0.5, 0.6) is 5.75 Å². The molecule has 1 aliphatic rings. The van der Waals surface area contributed by atoms with Crippen LogP contribution in [0.2, 0.25) is 0 Å². The fourth-order valence-corrected chi connectivity index (χ4v) is 3.04. The molecule has 1 amide bonds. The first-order valence-electron chi connectivity index (χ1n) is 7.47. The number of hydrogen-bond acceptors (Lipinski definition) is 3. The number of ether oxygens (including phenoxy) is 1. The van der Waals surface area contributed by atoms with Crippen LogP contribution in [0.3, 0.4) is 0 Å². The molecule has 1 heterocycles. The molecule has 0 radical (unpaired) electrons. The minimum atomic E-state index is -0.605. The molecule has 2 N–H and O–H groups in total. The van der Waals surface area contributed by atoms with Crippen LogP contribution in [-0.2, 0) is 10.2 Å². The van der Waals surface area contributed by atoms with Crippen LogP contribution in [0.4, 0.5) is 0 Å². The summed E-state index contributed by atoms with van der Waals surface area (Å²) in [6, 6.07) is 7.73. The van der Waals surface area contributed by atoms with E-state index in [1.54, 1.807) is 7.11 Å². The van der Waals surface area contributed by atoms with Gasteiger partial charge in [0.1, 0.15) is 5.75 Å². The van der Waals surface area contributed by atoms with E-state index in [-0.39, 0.29) is 11.3 Å². The highest BCUT2D eigenvalue weighted by Crippen LogP contribution is 2.36. The summed E-state index contributed by atoms with van der Waals surface area (Å²) in [5, 5.41) is 0. The normalized spacial score (nSPS) is 22.4. The summed E-state index contributed by atoms with van der Waals surface area (Å²) in [5.41, 5.74) is 6.21. The second-order valence-corrected chi connectivity index (χ2v) is 6.82. The van der Waals surface area contributed by atoms with Crippen molar-refractivity contribution in [3.8, 4) is 5.75 Å². The third-order valence-corrected chi connectivity index (χ3v) is 4.65. The molecule has 1 fully saturated rings. The SMILES string of the molecule is COc1ccccc1C(C)(C)C(=O)N1CCC(C)(CN)C1. The van der Waals surface area contributed by atoms with Gasteiger partial charge in [-0.15, -0.1) is 0 Å². The van der Waals surface area contributed by atoms with Crippen molar-refractivity contribution in [2.24, 2.45) is 11.1 Å². The van der Waals surface area contributed by atoms with E-state index in [1.807, 2.05) is 43.0 Å². The highest BCUT2D eigenvalue weighted by molar-refractivity contribution is 5.88. The molecule has 116 valence electrons. The first kappa shape index (κ1) is 15.8. The van der Waals surface area contributed by atoms with Crippen molar-refractivity contribution in [1.29, 1.82) is 0 Å². The molecular formula is C17H26N2O2. The van der Waals surface area contributed by atoms with Gasteiger partial charge < -0.3 is 15.4 Å². The van der Waals surface area contributed by atoms with E-state index in [1.165, 1.54) is 0 Å². The molecular weight excluding hydrogens is 264 g/mol. The van der Waals surface area contributed by atoms with Crippen LogP contribution in [0.15, 0.2) is 24.3 Å². The zero-order valence-electron chi connectivity index (χ0n) is 13.5. The first-order valence-corrected chi connectivity index (χ1v) is 7.47. The van der Waals surface area contributed by atoms with Gasteiger partial charge in [-0.05, 0) is 38.3 Å². The summed E-state index contributed by atoms with van der Waals surface area (Å²) >= 11 is 0. The molecule has 0 saturated carbocycles. The van der Waals surface area contributed by atoms with Crippen molar-refractivity contribution in [3.05, 3.63) is 29.8 Å². The number of rotatable bonds is 4. The molecule has 4 heteroatoms. The van der Waals surface area contributed by atoms with Gasteiger partial charge >= 0.3 is 0 Å². The Bertz CT molecular complexity index is 527. The molecule has 1 saturated heterocycles. The van der Waals surface area contributed by atoms with E-state index in [0.29, 0.717) is 6.54 Å². The van der Waals surface area contributed by atoms with Gasteiger partial charge in [0.05, 0.1) is 12.5 Å². The summed E-state index contributed by atoms with van der Waals surface area (Å²) in [7, 11) is 1.64. The molecule has 21 heavy (non-hydrogen) atoms. The highest BCUT2D eigenvalue weighted by atomic mass is 16.5. The number of para-hydroxylation sites is 1. The maximum Gasteiger partial charge on any atom is 0.232 e. The lowest BCUT2D eigenvalue weighted by molar-refractivity contribution is -0.135. The average Bonchev–Trinajstić information content (AvgIpc) is 2.89. The third-order valence-electron chi connectivity index (χ3n) is 4.65. The zero-order chi connectivity index (χ0) is 15.7. The van der Waals surface area contributed by atoms with E-state index in [9.17, 15) is 4.79 Å². The molecule has 1 aromatic carbocycles. The number of carbonyl (C=O) groups is 1. The molecule has 1 unspecified atom stereocenters. The number of carbonyl (C=O) groups excluding carboxylic acids is 1. The van der Waals surface area contributed by atoms with E-state index < -0.39 is 5.41 Å². The van der Waals surface area contributed by atoms with Crippen molar-refractivity contribution in [2.75, 3.05) is 26.7 Å². The van der Waals surface area contributed by atoms with Crippen LogP contribution >= 0.6 is 0 Å². The Morgan fingerprint density at radius 2 is 2.10 bits per heavy atom. The standard InChI is InChI=1S/C17H26N2O2/c1-16(2,13-7-5-6-8-14(13)21-4)15(20)19-10-9-17(3,11-18)12-19/h5-8H,9-12,18H2,1-4H3. The van der Waals surface area contributed by atoms with Crippen molar-refractivity contribution in [2.45, 2.75) is 32.6 Å². The molecule has 1 aliphatic heterocycles. The Morgan fingerprint density at radius 3 is 2.67 bits per heavy atom. The van der Waals surface area contributed by atoms with Crippen LogP contribution in [0.25, 0.3) is 0 Å². The number of benzene rings is 1. The molecule has 2 rings (SSSR count). The van der Waals surface area contributed by atoms with Gasteiger partial charge in [-0.2, -0.15) is 0 Å². The number of likely N-dealkylation sites (tertiary alicyclic amines) is 1. The number of amides is 1. The highest BCUT2D eigenvalue weighted by Gasteiger charge is 2.41. The number of methoxy groups -OCH3 is 1. The lowest BCUT2D eigenvalue weighted by Gasteiger charge is -2.31. The summed E-state index contributed by atoms with van der Waals surface area (Å²) in [5.74, 6) is 0.904. The van der Waals surface area contributed by atoms with E-state index in [0.717, 1.165) is 30.8 Å². The maximum atomic E-state index is 13.0. The molecule has 0 spiro atoms. The second-order valence-electron chi connectivity index (χ2n) is 6.82. The predicted octanol–water partition coefficient (Wildman–Crippen LogP) is 2.17. The van der Waals surface area contributed by atoms with Gasteiger partial charge in [0.25, 0.3) is 0 Å². The smallest absolute Gasteiger partial charge is 0.232 e. The van der Waals surface area contributed by atoms with E-state index >= 15 is 0 Å². The van der Waals surface area contributed by atoms with E-state index in [2.05, 4.69) is 6.92 Å². The fourth-order valence-electron chi connectivity index (χ4n) is 3.04. The molecule has 0 aromatic heterocycles. The van der Waals surface area contributed by atoms with Crippen LogP contribution in [-0.4, -0.2) is 37.6 Å². The monoisotopic (exact) mass is 290 g/mol. The molecule has 1 aromatic rings. The van der Waals surface area contributed by atoms with Gasteiger partial charge in [-0.1, -0.05) is 25.1 Å². The summed E-state index contributed by atoms with van der Waals surface area (Å²) in [6.07, 6.45) is 0.969. The van der Waals surface area contributed by atoms with Gasteiger partial charge in [0.2, 0.25) is 5.91 Å².